The molecule has 0 unspecified atom stereocenters. The SMILES string of the molecule is c1ccc(-c2cccc(-c3cccc(-c4cccc(-c5cccc(-c6cc(-c7cccnc7)cc(-c7ccccn7)c6)c5)c4)c3)c2)cc1. The Balaban J connectivity index is 1.14. The first kappa shape index (κ1) is 29.1. The van der Waals surface area contributed by atoms with Gasteiger partial charge in [0.05, 0.1) is 5.69 Å². The lowest BCUT2D eigenvalue weighted by Crippen LogP contribution is -1.89. The summed E-state index contributed by atoms with van der Waals surface area (Å²) in [5.41, 5.74) is 16.1. The maximum Gasteiger partial charge on any atom is 0.0702 e. The van der Waals surface area contributed by atoms with E-state index in [4.69, 9.17) is 0 Å². The number of nitrogens with zero attached hydrogens (tertiary/aromatic N) is 2. The smallest absolute Gasteiger partial charge is 0.0702 e. The van der Waals surface area contributed by atoms with E-state index in [1.807, 2.05) is 36.8 Å². The second-order valence-corrected chi connectivity index (χ2v) is 11.9. The Morgan fingerprint density at radius 3 is 1.12 bits per heavy atom. The molecular weight excluding hydrogens is 581 g/mol. The second-order valence-electron chi connectivity index (χ2n) is 11.9. The fourth-order valence-electron chi connectivity index (χ4n) is 6.32. The molecule has 0 aliphatic heterocycles. The minimum Gasteiger partial charge on any atom is -0.264 e. The Hall–Kier alpha value is -6.38. The normalized spacial score (nSPS) is 10.9. The van der Waals surface area contributed by atoms with Crippen LogP contribution in [0.4, 0.5) is 0 Å². The van der Waals surface area contributed by atoms with Crippen molar-refractivity contribution in [2.75, 3.05) is 0 Å². The van der Waals surface area contributed by atoms with Crippen LogP contribution in [0, 0.1) is 0 Å². The third-order valence-corrected chi connectivity index (χ3v) is 8.78. The summed E-state index contributed by atoms with van der Waals surface area (Å²) in [7, 11) is 0. The molecule has 0 aliphatic carbocycles. The molecule has 0 spiro atoms. The molecule has 8 rings (SSSR count). The van der Waals surface area contributed by atoms with Crippen LogP contribution < -0.4 is 0 Å². The van der Waals surface area contributed by atoms with Crippen molar-refractivity contribution in [3.8, 4) is 78.0 Å². The van der Waals surface area contributed by atoms with Crippen molar-refractivity contribution in [1.82, 2.24) is 9.97 Å². The minimum absolute atomic E-state index is 0.947. The fourth-order valence-corrected chi connectivity index (χ4v) is 6.32. The monoisotopic (exact) mass is 612 g/mol. The molecule has 0 fully saturated rings. The third kappa shape index (κ3) is 6.20. The van der Waals surface area contributed by atoms with Gasteiger partial charge in [0.2, 0.25) is 0 Å². The highest BCUT2D eigenvalue weighted by Crippen LogP contribution is 2.35. The number of hydrogen-bond donors (Lipinski definition) is 0. The molecule has 2 nitrogen and oxygen atoms in total. The van der Waals surface area contributed by atoms with E-state index < -0.39 is 0 Å². The zero-order valence-corrected chi connectivity index (χ0v) is 26.4. The molecule has 0 atom stereocenters. The number of benzene rings is 6. The molecule has 226 valence electrons. The molecule has 2 heteroatoms. The van der Waals surface area contributed by atoms with Gasteiger partial charge in [0.15, 0.2) is 0 Å². The fraction of sp³-hybridized carbons (Fsp3) is 0. The van der Waals surface area contributed by atoms with Gasteiger partial charge in [-0.2, -0.15) is 0 Å². The van der Waals surface area contributed by atoms with E-state index in [1.54, 1.807) is 0 Å². The van der Waals surface area contributed by atoms with Crippen LogP contribution in [0.3, 0.4) is 0 Å². The molecule has 0 saturated heterocycles. The Kier molecular flexibility index (Phi) is 7.96. The number of aromatic nitrogens is 2. The molecule has 0 bridgehead atoms. The highest BCUT2D eigenvalue weighted by Gasteiger charge is 2.11. The van der Waals surface area contributed by atoms with Crippen molar-refractivity contribution in [3.63, 3.8) is 0 Å². The Morgan fingerprint density at radius 2 is 0.646 bits per heavy atom. The zero-order valence-electron chi connectivity index (χ0n) is 26.4. The van der Waals surface area contributed by atoms with E-state index in [2.05, 4.69) is 168 Å². The molecule has 6 aromatic carbocycles. The summed E-state index contributed by atoms with van der Waals surface area (Å²) in [4.78, 5) is 9.03. The maximum absolute atomic E-state index is 4.65. The summed E-state index contributed by atoms with van der Waals surface area (Å²) in [5, 5.41) is 0. The lowest BCUT2D eigenvalue weighted by molar-refractivity contribution is 1.32. The molecule has 48 heavy (non-hydrogen) atoms. The quantitative estimate of drug-likeness (QED) is 0.179. The summed E-state index contributed by atoms with van der Waals surface area (Å²) >= 11 is 0. The van der Waals surface area contributed by atoms with Gasteiger partial charge >= 0.3 is 0 Å². The number of hydrogen-bond acceptors (Lipinski definition) is 2. The van der Waals surface area contributed by atoms with Crippen LogP contribution in [0.1, 0.15) is 0 Å². The van der Waals surface area contributed by atoms with Crippen molar-refractivity contribution in [3.05, 3.63) is 195 Å². The van der Waals surface area contributed by atoms with Crippen LogP contribution in [-0.4, -0.2) is 9.97 Å². The van der Waals surface area contributed by atoms with E-state index in [-0.39, 0.29) is 0 Å². The highest BCUT2D eigenvalue weighted by molar-refractivity contribution is 5.83. The van der Waals surface area contributed by atoms with Crippen LogP contribution in [0.15, 0.2) is 195 Å². The van der Waals surface area contributed by atoms with E-state index in [9.17, 15) is 0 Å². The third-order valence-electron chi connectivity index (χ3n) is 8.78. The van der Waals surface area contributed by atoms with Gasteiger partial charge in [-0.25, -0.2) is 0 Å². The van der Waals surface area contributed by atoms with Gasteiger partial charge in [-0.15, -0.1) is 0 Å². The zero-order chi connectivity index (χ0) is 32.1. The largest absolute Gasteiger partial charge is 0.264 e. The Labute approximate surface area is 281 Å². The van der Waals surface area contributed by atoms with Gasteiger partial charge in [-0.3, -0.25) is 9.97 Å². The number of rotatable bonds is 7. The predicted molar refractivity (Wildman–Crippen MR) is 200 cm³/mol. The summed E-state index contributed by atoms with van der Waals surface area (Å²) < 4.78 is 0. The molecule has 0 saturated carbocycles. The average Bonchev–Trinajstić information content (AvgIpc) is 3.19. The summed E-state index contributed by atoms with van der Waals surface area (Å²) in [6.45, 7) is 0. The molecule has 2 aromatic heterocycles. The Bertz CT molecular complexity index is 2270. The molecular formula is C46H32N2. The van der Waals surface area contributed by atoms with Crippen molar-refractivity contribution >= 4 is 0 Å². The summed E-state index contributed by atoms with van der Waals surface area (Å²) in [6.07, 6.45) is 5.57. The van der Waals surface area contributed by atoms with E-state index in [1.165, 1.54) is 44.5 Å². The second kappa shape index (κ2) is 13.2. The molecule has 8 aromatic rings. The minimum atomic E-state index is 0.947. The van der Waals surface area contributed by atoms with Gasteiger partial charge in [-0.05, 0) is 122 Å². The van der Waals surface area contributed by atoms with Crippen LogP contribution >= 0.6 is 0 Å². The van der Waals surface area contributed by atoms with Crippen LogP contribution in [-0.2, 0) is 0 Å². The first-order valence-corrected chi connectivity index (χ1v) is 16.2. The van der Waals surface area contributed by atoms with Gasteiger partial charge in [0, 0.05) is 29.7 Å². The highest BCUT2D eigenvalue weighted by atomic mass is 14.7. The van der Waals surface area contributed by atoms with E-state index >= 15 is 0 Å². The first-order chi connectivity index (χ1) is 23.8. The topological polar surface area (TPSA) is 25.8 Å². The lowest BCUT2D eigenvalue weighted by atomic mass is 9.92. The predicted octanol–water partition coefficient (Wildman–Crippen LogP) is 12.1. The molecule has 2 heterocycles. The van der Waals surface area contributed by atoms with E-state index in [0.29, 0.717) is 0 Å². The number of pyridine rings is 2. The van der Waals surface area contributed by atoms with Gasteiger partial charge < -0.3 is 0 Å². The molecule has 0 radical (unpaired) electrons. The van der Waals surface area contributed by atoms with Crippen molar-refractivity contribution in [2.24, 2.45) is 0 Å². The first-order valence-electron chi connectivity index (χ1n) is 16.2. The summed E-state index contributed by atoms with van der Waals surface area (Å²) in [6, 6.07) is 62.6. The van der Waals surface area contributed by atoms with Gasteiger partial charge in [0.1, 0.15) is 0 Å². The van der Waals surface area contributed by atoms with Crippen LogP contribution in [0.2, 0.25) is 0 Å². The van der Waals surface area contributed by atoms with E-state index in [0.717, 1.165) is 33.5 Å². The molecule has 0 N–H and O–H groups in total. The lowest BCUT2D eigenvalue weighted by Gasteiger charge is -2.12. The Morgan fingerprint density at radius 1 is 0.250 bits per heavy atom. The average molecular weight is 613 g/mol. The van der Waals surface area contributed by atoms with Crippen LogP contribution in [0.25, 0.3) is 78.0 Å². The molecule has 0 aliphatic rings. The summed E-state index contributed by atoms with van der Waals surface area (Å²) in [5.74, 6) is 0. The standard InChI is InChI=1S/C46H32N2/c1-2-11-33(12-3-1)34-13-6-14-35(25-34)36-15-7-16-37(26-36)38-17-8-18-39(27-38)40-19-9-20-41(28-40)43-29-44(42-21-10-23-47-32-42)31-45(30-43)46-22-4-5-24-48-46/h1-32H. The maximum atomic E-state index is 4.65. The van der Waals surface area contributed by atoms with Gasteiger partial charge in [-0.1, -0.05) is 115 Å². The van der Waals surface area contributed by atoms with Crippen LogP contribution in [0.5, 0.6) is 0 Å². The van der Waals surface area contributed by atoms with Gasteiger partial charge in [0.25, 0.3) is 0 Å². The molecule has 0 amide bonds. The van der Waals surface area contributed by atoms with Crippen molar-refractivity contribution in [2.45, 2.75) is 0 Å². The van der Waals surface area contributed by atoms with Crippen molar-refractivity contribution < 1.29 is 0 Å². The van der Waals surface area contributed by atoms with Crippen molar-refractivity contribution in [1.29, 1.82) is 0 Å².